The highest BCUT2D eigenvalue weighted by Gasteiger charge is 2.15. The van der Waals surface area contributed by atoms with Crippen LogP contribution in [0.15, 0.2) is 102 Å². The van der Waals surface area contributed by atoms with Crippen LogP contribution in [0.3, 0.4) is 0 Å². The van der Waals surface area contributed by atoms with Crippen LogP contribution in [0.2, 0.25) is 0 Å². The minimum atomic E-state index is -3.76. The van der Waals surface area contributed by atoms with Crippen LogP contribution in [0.1, 0.15) is 46.5 Å². The third kappa shape index (κ3) is 11.5. The van der Waals surface area contributed by atoms with Crippen LogP contribution < -0.4 is 14.8 Å². The Kier molecular flexibility index (Phi) is 12.6. The lowest BCUT2D eigenvalue weighted by Gasteiger charge is -2.14. The Morgan fingerprint density at radius 1 is 0.688 bits per heavy atom. The van der Waals surface area contributed by atoms with E-state index in [0.29, 0.717) is 45.0 Å². The first-order chi connectivity index (χ1) is 22.9. The zero-order valence-corrected chi connectivity index (χ0v) is 27.8. The quantitative estimate of drug-likeness (QED) is 0.124. The molecule has 0 spiro atoms. The molecule has 0 bridgehead atoms. The standard InChI is InChI=1S/C35H34FNO9S2/c1-3-45-47(39,40)21-19-26-6-15-32(16-7-26)43-24-28-5-10-29(34(23-28)35(38)37-31-13-11-30(36)12-14-31)25-44-33-17-8-27(9-18-33)20-22-48(41,42)46-4-2/h5-23H,3-4,24-25H2,1-2H3,(H,37,38)/b21-19+,22-20+. The number of ether oxygens (including phenoxy) is 2. The number of amides is 1. The maximum Gasteiger partial charge on any atom is 0.290 e. The monoisotopic (exact) mass is 695 g/mol. The van der Waals surface area contributed by atoms with Crippen molar-refractivity contribution >= 4 is 44.0 Å². The number of nitrogens with one attached hydrogen (secondary N) is 1. The summed E-state index contributed by atoms with van der Waals surface area (Å²) in [6, 6.07) is 24.1. The average Bonchev–Trinajstić information content (AvgIpc) is 3.06. The summed E-state index contributed by atoms with van der Waals surface area (Å²) < 4.78 is 81.6. The molecule has 0 atom stereocenters. The molecule has 0 radical (unpaired) electrons. The van der Waals surface area contributed by atoms with Crippen LogP contribution in [0.5, 0.6) is 11.5 Å². The summed E-state index contributed by atoms with van der Waals surface area (Å²) in [5, 5.41) is 4.75. The summed E-state index contributed by atoms with van der Waals surface area (Å²) in [4.78, 5) is 13.4. The lowest BCUT2D eigenvalue weighted by atomic mass is 10.0. The van der Waals surface area contributed by atoms with Gasteiger partial charge < -0.3 is 14.8 Å². The minimum Gasteiger partial charge on any atom is -0.489 e. The highest BCUT2D eigenvalue weighted by atomic mass is 32.2. The summed E-state index contributed by atoms with van der Waals surface area (Å²) >= 11 is 0. The van der Waals surface area contributed by atoms with E-state index in [1.54, 1.807) is 80.6 Å². The van der Waals surface area contributed by atoms with E-state index in [-0.39, 0.29) is 26.4 Å². The van der Waals surface area contributed by atoms with Crippen LogP contribution in [0.25, 0.3) is 12.2 Å². The Labute approximate surface area is 279 Å². The molecule has 0 saturated carbocycles. The van der Waals surface area contributed by atoms with E-state index < -0.39 is 32.0 Å². The smallest absolute Gasteiger partial charge is 0.290 e. The Hall–Kier alpha value is -4.82. The number of benzene rings is 4. The second-order valence-electron chi connectivity index (χ2n) is 10.1. The summed E-state index contributed by atoms with van der Waals surface area (Å²) in [6.45, 7) is 3.42. The average molecular weight is 696 g/mol. The summed E-state index contributed by atoms with van der Waals surface area (Å²) in [6.07, 6.45) is 2.83. The number of hydrogen-bond donors (Lipinski definition) is 1. The molecule has 252 valence electrons. The molecule has 13 heteroatoms. The van der Waals surface area contributed by atoms with Gasteiger partial charge in [0.25, 0.3) is 26.1 Å². The van der Waals surface area contributed by atoms with E-state index in [1.807, 2.05) is 0 Å². The predicted molar refractivity (Wildman–Crippen MR) is 182 cm³/mol. The van der Waals surface area contributed by atoms with Gasteiger partial charge >= 0.3 is 0 Å². The van der Waals surface area contributed by atoms with E-state index in [2.05, 4.69) is 9.50 Å². The van der Waals surface area contributed by atoms with Crippen LogP contribution >= 0.6 is 0 Å². The highest BCUT2D eigenvalue weighted by molar-refractivity contribution is 7.90. The Bertz CT molecular complexity index is 1960. The van der Waals surface area contributed by atoms with Gasteiger partial charge in [-0.15, -0.1) is 0 Å². The first-order valence-corrected chi connectivity index (χ1v) is 17.7. The fourth-order valence-corrected chi connectivity index (χ4v) is 5.65. The number of carbonyl (C=O) groups is 1. The van der Waals surface area contributed by atoms with Crippen molar-refractivity contribution in [2.24, 2.45) is 0 Å². The molecule has 0 fully saturated rings. The fourth-order valence-electron chi connectivity index (χ4n) is 4.19. The Morgan fingerprint density at radius 2 is 1.19 bits per heavy atom. The van der Waals surface area contributed by atoms with Gasteiger partial charge in [-0.2, -0.15) is 16.8 Å². The molecule has 4 aromatic rings. The predicted octanol–water partition coefficient (Wildman–Crippen LogP) is 6.91. The van der Waals surface area contributed by atoms with Gasteiger partial charge in [0.1, 0.15) is 30.5 Å². The molecule has 0 heterocycles. The fraction of sp³-hybridized carbons (Fsp3) is 0.171. The van der Waals surface area contributed by atoms with E-state index in [9.17, 15) is 26.0 Å². The van der Waals surface area contributed by atoms with Crippen LogP contribution in [0, 0.1) is 5.82 Å². The first-order valence-electron chi connectivity index (χ1n) is 14.7. The van der Waals surface area contributed by atoms with Crippen molar-refractivity contribution in [3.8, 4) is 11.5 Å². The lowest BCUT2D eigenvalue weighted by molar-refractivity contribution is 0.102. The molecule has 1 amide bonds. The van der Waals surface area contributed by atoms with Gasteiger partial charge in [-0.25, -0.2) is 4.39 Å². The Morgan fingerprint density at radius 3 is 1.69 bits per heavy atom. The van der Waals surface area contributed by atoms with Crippen molar-refractivity contribution in [1.29, 1.82) is 0 Å². The van der Waals surface area contributed by atoms with E-state index >= 15 is 0 Å². The molecule has 0 saturated heterocycles. The minimum absolute atomic E-state index is 0.0369. The molecule has 0 aliphatic carbocycles. The number of carbonyl (C=O) groups excluding carboxylic acids is 1. The molecule has 0 aromatic heterocycles. The molecular weight excluding hydrogens is 662 g/mol. The normalized spacial score (nSPS) is 12.0. The van der Waals surface area contributed by atoms with Gasteiger partial charge in [0.15, 0.2) is 0 Å². The zero-order valence-electron chi connectivity index (χ0n) is 26.2. The van der Waals surface area contributed by atoms with Gasteiger partial charge in [-0.05, 0) is 97.3 Å². The van der Waals surface area contributed by atoms with Crippen LogP contribution in [0.4, 0.5) is 10.1 Å². The van der Waals surface area contributed by atoms with E-state index in [4.69, 9.17) is 13.7 Å². The second-order valence-corrected chi connectivity index (χ2v) is 13.1. The van der Waals surface area contributed by atoms with Crippen LogP contribution in [-0.2, 0) is 41.8 Å². The van der Waals surface area contributed by atoms with E-state index in [1.165, 1.54) is 36.4 Å². The summed E-state index contributed by atoms with van der Waals surface area (Å²) in [7, 11) is -7.51. The summed E-state index contributed by atoms with van der Waals surface area (Å²) in [5.41, 5.74) is 3.24. The van der Waals surface area contributed by atoms with Crippen molar-refractivity contribution in [1.82, 2.24) is 0 Å². The zero-order chi connectivity index (χ0) is 34.6. The van der Waals surface area contributed by atoms with Gasteiger partial charge in [0.2, 0.25) is 0 Å². The van der Waals surface area contributed by atoms with Gasteiger partial charge in [-0.3, -0.25) is 13.2 Å². The Balaban J connectivity index is 1.47. The topological polar surface area (TPSA) is 134 Å². The second kappa shape index (κ2) is 16.8. The lowest BCUT2D eigenvalue weighted by Crippen LogP contribution is -2.16. The molecule has 0 unspecified atom stereocenters. The van der Waals surface area contributed by atoms with Crippen molar-refractivity contribution in [3.63, 3.8) is 0 Å². The molecule has 1 N–H and O–H groups in total. The van der Waals surface area contributed by atoms with Crippen molar-refractivity contribution < 1.29 is 43.9 Å². The van der Waals surface area contributed by atoms with Gasteiger partial charge in [0.05, 0.1) is 24.0 Å². The van der Waals surface area contributed by atoms with E-state index in [0.717, 1.165) is 10.8 Å². The summed E-state index contributed by atoms with van der Waals surface area (Å²) in [5.74, 6) is 0.152. The van der Waals surface area contributed by atoms with Crippen molar-refractivity contribution in [3.05, 3.63) is 135 Å². The highest BCUT2D eigenvalue weighted by Crippen LogP contribution is 2.22. The maximum atomic E-state index is 13.4. The molecule has 10 nitrogen and oxygen atoms in total. The first kappa shape index (κ1) is 36.0. The number of anilines is 1. The third-order valence-corrected chi connectivity index (χ3v) is 8.57. The molecule has 4 aromatic carbocycles. The molecule has 0 aliphatic rings. The molecule has 48 heavy (non-hydrogen) atoms. The van der Waals surface area contributed by atoms with Crippen molar-refractivity contribution in [2.75, 3.05) is 18.5 Å². The number of rotatable bonds is 16. The number of hydrogen-bond acceptors (Lipinski definition) is 9. The molecule has 0 aliphatic heterocycles. The largest absolute Gasteiger partial charge is 0.489 e. The SMILES string of the molecule is CCOS(=O)(=O)/C=C/c1ccc(OCc2ccc(COc3ccc(/C=C/S(=O)(=O)OCC)cc3)c(C(=O)Nc3ccc(F)cc3)c2)cc1. The number of halogens is 1. The van der Waals surface area contributed by atoms with Gasteiger partial charge in [-0.1, -0.05) is 36.4 Å². The molecule has 4 rings (SSSR count). The van der Waals surface area contributed by atoms with Gasteiger partial charge in [0, 0.05) is 16.8 Å². The third-order valence-electron chi connectivity index (χ3n) is 6.50. The van der Waals surface area contributed by atoms with Crippen molar-refractivity contribution in [2.45, 2.75) is 27.1 Å². The van der Waals surface area contributed by atoms with Crippen LogP contribution in [-0.4, -0.2) is 36.0 Å². The molecular formula is C35H34FNO9S2. The maximum absolute atomic E-state index is 13.4.